The molecule has 112 valence electrons. The van der Waals surface area contributed by atoms with E-state index in [9.17, 15) is 0 Å². The minimum Gasteiger partial charge on any atom is -0.497 e. The Morgan fingerprint density at radius 1 is 1.20 bits per heavy atom. The van der Waals surface area contributed by atoms with E-state index in [1.54, 1.807) is 14.2 Å². The zero-order chi connectivity index (χ0) is 14.4. The molecule has 1 fully saturated rings. The van der Waals surface area contributed by atoms with Crippen molar-refractivity contribution in [3.05, 3.63) is 23.8 Å². The van der Waals surface area contributed by atoms with Crippen molar-refractivity contribution in [3.63, 3.8) is 0 Å². The Morgan fingerprint density at radius 3 is 2.45 bits per heavy atom. The minimum absolute atomic E-state index is 0.0425. The predicted octanol–water partition coefficient (Wildman–Crippen LogP) is 2.78. The van der Waals surface area contributed by atoms with Crippen LogP contribution in [0.2, 0.25) is 0 Å². The molecular weight excluding hydrogens is 254 g/mol. The van der Waals surface area contributed by atoms with Gasteiger partial charge < -0.3 is 19.5 Å². The number of benzene rings is 1. The van der Waals surface area contributed by atoms with Crippen LogP contribution in [0.1, 0.15) is 31.4 Å². The lowest BCUT2D eigenvalue weighted by Gasteiger charge is -2.24. The van der Waals surface area contributed by atoms with E-state index in [2.05, 4.69) is 12.2 Å². The fourth-order valence-electron chi connectivity index (χ4n) is 2.51. The highest BCUT2D eigenvalue weighted by molar-refractivity contribution is 5.39. The van der Waals surface area contributed by atoms with E-state index in [0.29, 0.717) is 5.92 Å². The molecule has 1 aliphatic heterocycles. The van der Waals surface area contributed by atoms with Gasteiger partial charge in [0, 0.05) is 12.6 Å². The van der Waals surface area contributed by atoms with Crippen molar-refractivity contribution >= 4 is 0 Å². The first-order valence-electron chi connectivity index (χ1n) is 7.28. The van der Waals surface area contributed by atoms with Gasteiger partial charge in [0.2, 0.25) is 0 Å². The van der Waals surface area contributed by atoms with Crippen LogP contribution in [0.4, 0.5) is 0 Å². The summed E-state index contributed by atoms with van der Waals surface area (Å²) >= 11 is 0. The summed E-state index contributed by atoms with van der Waals surface area (Å²) in [5, 5.41) is 3.41. The van der Waals surface area contributed by atoms with Crippen molar-refractivity contribution in [1.29, 1.82) is 0 Å². The lowest BCUT2D eigenvalue weighted by atomic mass is 10.0. The van der Waals surface area contributed by atoms with Crippen LogP contribution in [0.15, 0.2) is 18.2 Å². The quantitative estimate of drug-likeness (QED) is 0.869. The van der Waals surface area contributed by atoms with Crippen molar-refractivity contribution in [3.8, 4) is 11.5 Å². The molecule has 0 aromatic heterocycles. The number of nitrogens with one attached hydrogen (secondary N) is 1. The van der Waals surface area contributed by atoms with Gasteiger partial charge in [-0.3, -0.25) is 0 Å². The first-order chi connectivity index (χ1) is 9.72. The highest BCUT2D eigenvalue weighted by atomic mass is 16.5. The van der Waals surface area contributed by atoms with E-state index in [4.69, 9.17) is 14.2 Å². The monoisotopic (exact) mass is 279 g/mol. The molecule has 20 heavy (non-hydrogen) atoms. The van der Waals surface area contributed by atoms with Gasteiger partial charge in [-0.25, -0.2) is 0 Å². The van der Waals surface area contributed by atoms with Crippen LogP contribution in [0, 0.1) is 5.92 Å². The summed E-state index contributed by atoms with van der Waals surface area (Å²) < 4.78 is 16.6. The molecule has 1 aromatic carbocycles. The molecule has 1 aromatic rings. The smallest absolute Gasteiger partial charge is 0.122 e. The van der Waals surface area contributed by atoms with E-state index in [1.807, 2.05) is 18.2 Å². The van der Waals surface area contributed by atoms with Gasteiger partial charge in [-0.05, 0) is 49.9 Å². The molecule has 2 rings (SSSR count). The van der Waals surface area contributed by atoms with E-state index >= 15 is 0 Å². The standard InChI is InChI=1S/C16H25NO3/c1-12(20-11-13-5-4-6-17-10-13)14-7-15(18-2)9-16(8-14)19-3/h7-9,12-13,17H,4-6,10-11H2,1-3H3. The molecule has 0 aliphatic carbocycles. The Hall–Kier alpha value is -1.26. The number of methoxy groups -OCH3 is 2. The molecule has 4 nitrogen and oxygen atoms in total. The molecule has 0 radical (unpaired) electrons. The molecule has 1 heterocycles. The molecule has 0 bridgehead atoms. The molecule has 0 amide bonds. The van der Waals surface area contributed by atoms with Crippen LogP contribution in [-0.2, 0) is 4.74 Å². The topological polar surface area (TPSA) is 39.7 Å². The summed E-state index contributed by atoms with van der Waals surface area (Å²) in [7, 11) is 3.33. The molecular formula is C16H25NO3. The van der Waals surface area contributed by atoms with E-state index in [-0.39, 0.29) is 6.10 Å². The number of piperidine rings is 1. The highest BCUT2D eigenvalue weighted by Crippen LogP contribution is 2.28. The first kappa shape index (κ1) is 15.1. The number of rotatable bonds is 6. The van der Waals surface area contributed by atoms with Crippen molar-refractivity contribution in [2.24, 2.45) is 5.92 Å². The summed E-state index contributed by atoms with van der Waals surface area (Å²) in [5.74, 6) is 2.22. The number of ether oxygens (including phenoxy) is 3. The third-order valence-corrected chi connectivity index (χ3v) is 3.82. The Bertz CT molecular complexity index is 394. The maximum absolute atomic E-state index is 6.02. The summed E-state index contributed by atoms with van der Waals surface area (Å²) in [4.78, 5) is 0. The van der Waals surface area contributed by atoms with E-state index < -0.39 is 0 Å². The van der Waals surface area contributed by atoms with Crippen LogP contribution in [-0.4, -0.2) is 33.9 Å². The van der Waals surface area contributed by atoms with E-state index in [1.165, 1.54) is 12.8 Å². The molecule has 0 spiro atoms. The molecule has 1 aliphatic rings. The Kier molecular flexibility index (Phi) is 5.68. The van der Waals surface area contributed by atoms with Crippen molar-refractivity contribution in [2.45, 2.75) is 25.9 Å². The Balaban J connectivity index is 1.95. The predicted molar refractivity (Wildman–Crippen MR) is 79.5 cm³/mol. The summed E-state index contributed by atoms with van der Waals surface area (Å²) in [6.45, 7) is 5.07. The van der Waals surface area contributed by atoms with Crippen molar-refractivity contribution in [1.82, 2.24) is 5.32 Å². The Labute approximate surface area is 121 Å². The van der Waals surface area contributed by atoms with Crippen LogP contribution >= 0.6 is 0 Å². The van der Waals surface area contributed by atoms with Crippen LogP contribution in [0.25, 0.3) is 0 Å². The average molecular weight is 279 g/mol. The third-order valence-electron chi connectivity index (χ3n) is 3.82. The molecule has 0 saturated carbocycles. The van der Waals surface area contributed by atoms with Gasteiger partial charge in [0.1, 0.15) is 11.5 Å². The lowest BCUT2D eigenvalue weighted by Crippen LogP contribution is -2.32. The van der Waals surface area contributed by atoms with Gasteiger partial charge in [-0.2, -0.15) is 0 Å². The third kappa shape index (κ3) is 4.12. The highest BCUT2D eigenvalue weighted by Gasteiger charge is 2.16. The van der Waals surface area contributed by atoms with Gasteiger partial charge in [-0.15, -0.1) is 0 Å². The fraction of sp³-hybridized carbons (Fsp3) is 0.625. The summed E-state index contributed by atoms with van der Waals surface area (Å²) in [6.07, 6.45) is 2.54. The van der Waals surface area contributed by atoms with Gasteiger partial charge in [0.05, 0.1) is 26.9 Å². The first-order valence-corrected chi connectivity index (χ1v) is 7.28. The molecule has 4 heteroatoms. The number of hydrogen-bond acceptors (Lipinski definition) is 4. The zero-order valence-corrected chi connectivity index (χ0v) is 12.6. The number of hydrogen-bond donors (Lipinski definition) is 1. The molecule has 1 saturated heterocycles. The van der Waals surface area contributed by atoms with Gasteiger partial charge in [0.25, 0.3) is 0 Å². The second kappa shape index (κ2) is 7.50. The fourth-order valence-corrected chi connectivity index (χ4v) is 2.51. The minimum atomic E-state index is 0.0425. The molecule has 1 N–H and O–H groups in total. The van der Waals surface area contributed by atoms with Gasteiger partial charge >= 0.3 is 0 Å². The van der Waals surface area contributed by atoms with Crippen LogP contribution in [0.3, 0.4) is 0 Å². The maximum atomic E-state index is 6.02. The summed E-state index contributed by atoms with van der Waals surface area (Å²) in [5.41, 5.74) is 1.09. The van der Waals surface area contributed by atoms with Crippen LogP contribution in [0.5, 0.6) is 11.5 Å². The van der Waals surface area contributed by atoms with E-state index in [0.717, 1.165) is 36.8 Å². The second-order valence-electron chi connectivity index (χ2n) is 5.33. The van der Waals surface area contributed by atoms with Crippen molar-refractivity contribution < 1.29 is 14.2 Å². The van der Waals surface area contributed by atoms with Crippen LogP contribution < -0.4 is 14.8 Å². The molecule has 2 atom stereocenters. The second-order valence-corrected chi connectivity index (χ2v) is 5.33. The lowest BCUT2D eigenvalue weighted by molar-refractivity contribution is 0.0333. The maximum Gasteiger partial charge on any atom is 0.122 e. The largest absolute Gasteiger partial charge is 0.497 e. The summed E-state index contributed by atoms with van der Waals surface area (Å²) in [6, 6.07) is 5.89. The van der Waals surface area contributed by atoms with Gasteiger partial charge in [-0.1, -0.05) is 0 Å². The normalized spacial score (nSPS) is 20.4. The SMILES string of the molecule is COc1cc(OC)cc(C(C)OCC2CCCNC2)c1. The molecule has 2 unspecified atom stereocenters. The van der Waals surface area contributed by atoms with Crippen molar-refractivity contribution in [2.75, 3.05) is 33.9 Å². The zero-order valence-electron chi connectivity index (χ0n) is 12.6. The average Bonchev–Trinajstić information content (AvgIpc) is 2.52. The Morgan fingerprint density at radius 2 is 1.90 bits per heavy atom. The van der Waals surface area contributed by atoms with Gasteiger partial charge in [0.15, 0.2) is 0 Å².